The highest BCUT2D eigenvalue weighted by atomic mass is 35.5. The fourth-order valence-electron chi connectivity index (χ4n) is 1.69. The number of sulfonamides is 1. The van der Waals surface area contributed by atoms with Crippen LogP contribution in [-0.4, -0.2) is 31.1 Å². The van der Waals surface area contributed by atoms with Crippen LogP contribution in [0.4, 0.5) is 0 Å². The van der Waals surface area contributed by atoms with Gasteiger partial charge in [-0.15, -0.1) is 0 Å². The Balaban J connectivity index is 2.46. The van der Waals surface area contributed by atoms with E-state index >= 15 is 0 Å². The third-order valence-electron chi connectivity index (χ3n) is 2.59. The van der Waals surface area contributed by atoms with Crippen LogP contribution in [0.2, 0.25) is 5.15 Å². The van der Waals surface area contributed by atoms with Crippen molar-refractivity contribution in [2.75, 3.05) is 6.61 Å². The summed E-state index contributed by atoms with van der Waals surface area (Å²) < 4.78 is 24.2. The summed E-state index contributed by atoms with van der Waals surface area (Å²) in [5.41, 5.74) is 0.897. The van der Waals surface area contributed by atoms with E-state index in [-0.39, 0.29) is 15.6 Å². The van der Waals surface area contributed by atoms with Gasteiger partial charge in [-0.3, -0.25) is 4.84 Å². The van der Waals surface area contributed by atoms with Crippen LogP contribution in [0.5, 0.6) is 0 Å². The highest BCUT2D eigenvalue weighted by Crippen LogP contribution is 2.25. The number of aromatic nitrogens is 1. The molecule has 0 spiro atoms. The average Bonchev–Trinajstić information content (AvgIpc) is 2.38. The van der Waals surface area contributed by atoms with E-state index in [0.29, 0.717) is 10.9 Å². The summed E-state index contributed by atoms with van der Waals surface area (Å²) in [6, 6.07) is 6.28. The number of nitrogens with one attached hydrogen (secondary N) is 1. The van der Waals surface area contributed by atoms with Gasteiger partial charge in [0.05, 0.1) is 5.52 Å². The predicted octanol–water partition coefficient (Wildman–Crippen LogP) is 1.49. The zero-order chi connectivity index (χ0) is 15.6. The predicted molar refractivity (Wildman–Crippen MR) is 75.4 cm³/mol. The first-order valence-electron chi connectivity index (χ1n) is 5.72. The molecule has 0 bridgehead atoms. The number of pyridine rings is 1. The summed E-state index contributed by atoms with van der Waals surface area (Å²) in [5.74, 6) is -1.30. The molecule has 112 valence electrons. The molecule has 0 saturated heterocycles. The molecule has 21 heavy (non-hydrogen) atoms. The number of hydrogen-bond acceptors (Lipinski definition) is 5. The van der Waals surface area contributed by atoms with Gasteiger partial charge in [-0.2, -0.15) is 0 Å². The molecule has 0 amide bonds. The number of rotatable bonds is 5. The van der Waals surface area contributed by atoms with E-state index in [0.717, 1.165) is 0 Å². The molecule has 0 aliphatic carbocycles. The molecular formula is C12H11ClN2O5S. The van der Waals surface area contributed by atoms with E-state index in [4.69, 9.17) is 16.7 Å². The normalized spacial score (nSPS) is 11.7. The van der Waals surface area contributed by atoms with Crippen LogP contribution in [-0.2, 0) is 19.7 Å². The monoisotopic (exact) mass is 330 g/mol. The van der Waals surface area contributed by atoms with Gasteiger partial charge in [-0.05, 0) is 24.6 Å². The number of fused-ring (bicyclic) bond motifs is 1. The highest BCUT2D eigenvalue weighted by Gasteiger charge is 2.19. The first-order valence-corrected chi connectivity index (χ1v) is 7.58. The van der Waals surface area contributed by atoms with Gasteiger partial charge in [-0.1, -0.05) is 28.6 Å². The molecule has 0 fully saturated rings. The van der Waals surface area contributed by atoms with E-state index in [1.54, 1.807) is 30.0 Å². The maximum absolute atomic E-state index is 12.1. The van der Waals surface area contributed by atoms with Crippen LogP contribution < -0.4 is 4.89 Å². The van der Waals surface area contributed by atoms with Crippen molar-refractivity contribution < 1.29 is 23.2 Å². The molecule has 1 aromatic heterocycles. The molecule has 2 aromatic rings. The van der Waals surface area contributed by atoms with Crippen molar-refractivity contribution in [1.82, 2.24) is 9.87 Å². The minimum absolute atomic E-state index is 0.146. The molecule has 0 aliphatic rings. The lowest BCUT2D eigenvalue weighted by atomic mass is 10.2. The van der Waals surface area contributed by atoms with Crippen LogP contribution >= 0.6 is 11.6 Å². The molecule has 1 aromatic carbocycles. The molecule has 7 nitrogen and oxygen atoms in total. The molecule has 0 unspecified atom stereocenters. The number of halogens is 1. The SMILES string of the molecule is Cc1cc2cccc(S(=O)(=O)NOCC(=O)O)c2nc1Cl. The lowest BCUT2D eigenvalue weighted by Crippen LogP contribution is -2.27. The van der Waals surface area contributed by atoms with E-state index in [1.807, 2.05) is 0 Å². The number of aryl methyl sites for hydroxylation is 1. The summed E-state index contributed by atoms with van der Waals surface area (Å²) in [5, 5.41) is 9.22. The Hall–Kier alpha value is -1.74. The number of benzene rings is 1. The second-order valence-electron chi connectivity index (χ2n) is 4.19. The van der Waals surface area contributed by atoms with Gasteiger partial charge in [0, 0.05) is 5.39 Å². The summed E-state index contributed by atoms with van der Waals surface area (Å²) >= 11 is 5.92. The maximum Gasteiger partial charge on any atom is 0.331 e. The topological polar surface area (TPSA) is 106 Å². The molecular weight excluding hydrogens is 320 g/mol. The molecule has 9 heteroatoms. The standard InChI is InChI=1S/C12H11ClN2O5S/c1-7-5-8-3-2-4-9(11(8)14-12(7)13)21(18,19)15-20-6-10(16)17/h2-5,15H,6H2,1H3,(H,16,17). The van der Waals surface area contributed by atoms with Gasteiger partial charge in [0.15, 0.2) is 6.61 Å². The molecule has 0 radical (unpaired) electrons. The zero-order valence-electron chi connectivity index (χ0n) is 10.8. The van der Waals surface area contributed by atoms with E-state index < -0.39 is 22.6 Å². The molecule has 0 atom stereocenters. The van der Waals surface area contributed by atoms with Gasteiger partial charge in [0.25, 0.3) is 10.0 Å². The van der Waals surface area contributed by atoms with Crippen molar-refractivity contribution in [1.29, 1.82) is 0 Å². The van der Waals surface area contributed by atoms with Gasteiger partial charge in [0.2, 0.25) is 0 Å². The van der Waals surface area contributed by atoms with E-state index in [1.165, 1.54) is 6.07 Å². The fourth-order valence-corrected chi connectivity index (χ4v) is 2.80. The number of hydrogen-bond donors (Lipinski definition) is 2. The molecule has 1 heterocycles. The summed E-state index contributed by atoms with van der Waals surface area (Å²) in [7, 11) is -4.07. The number of carboxylic acid groups (broad SMARTS) is 1. The van der Waals surface area contributed by atoms with E-state index in [9.17, 15) is 13.2 Å². The van der Waals surface area contributed by atoms with Crippen LogP contribution in [0.15, 0.2) is 29.2 Å². The van der Waals surface area contributed by atoms with Crippen molar-refractivity contribution >= 4 is 38.5 Å². The highest BCUT2D eigenvalue weighted by molar-refractivity contribution is 7.89. The minimum Gasteiger partial charge on any atom is -0.479 e. The van der Waals surface area contributed by atoms with Gasteiger partial charge in [0.1, 0.15) is 10.0 Å². The van der Waals surface area contributed by atoms with Crippen LogP contribution in [0.1, 0.15) is 5.56 Å². The van der Waals surface area contributed by atoms with Gasteiger partial charge >= 0.3 is 5.97 Å². The second kappa shape index (κ2) is 5.94. The van der Waals surface area contributed by atoms with E-state index in [2.05, 4.69) is 9.82 Å². The van der Waals surface area contributed by atoms with Crippen molar-refractivity contribution in [2.24, 2.45) is 0 Å². The van der Waals surface area contributed by atoms with Crippen LogP contribution in [0, 0.1) is 6.92 Å². The Bertz CT molecular complexity index is 807. The first kappa shape index (κ1) is 15.6. The third-order valence-corrected chi connectivity index (χ3v) is 4.22. The fraction of sp³-hybridized carbons (Fsp3) is 0.167. The Kier molecular flexibility index (Phi) is 4.43. The molecule has 2 N–H and O–H groups in total. The Labute approximate surface area is 125 Å². The molecule has 2 rings (SSSR count). The molecule has 0 aliphatic heterocycles. The average molecular weight is 331 g/mol. The number of carbonyl (C=O) groups is 1. The van der Waals surface area contributed by atoms with Gasteiger partial charge in [-0.25, -0.2) is 18.2 Å². The number of aliphatic carboxylic acids is 1. The zero-order valence-corrected chi connectivity index (χ0v) is 12.4. The largest absolute Gasteiger partial charge is 0.479 e. The lowest BCUT2D eigenvalue weighted by Gasteiger charge is -2.09. The summed E-state index contributed by atoms with van der Waals surface area (Å²) in [6.07, 6.45) is 0. The van der Waals surface area contributed by atoms with Crippen molar-refractivity contribution in [3.63, 3.8) is 0 Å². The van der Waals surface area contributed by atoms with Crippen molar-refractivity contribution in [2.45, 2.75) is 11.8 Å². The maximum atomic E-state index is 12.1. The number of carboxylic acids is 1. The Morgan fingerprint density at radius 3 is 2.86 bits per heavy atom. The summed E-state index contributed by atoms with van der Waals surface area (Å²) in [6.45, 7) is 0.960. The van der Waals surface area contributed by atoms with Crippen molar-refractivity contribution in [3.05, 3.63) is 35.0 Å². The smallest absolute Gasteiger partial charge is 0.331 e. The van der Waals surface area contributed by atoms with Crippen LogP contribution in [0.3, 0.4) is 0 Å². The lowest BCUT2D eigenvalue weighted by molar-refractivity contribution is -0.143. The molecule has 0 saturated carbocycles. The quantitative estimate of drug-likeness (QED) is 0.635. The second-order valence-corrected chi connectivity index (χ2v) is 6.16. The number of para-hydroxylation sites is 1. The Morgan fingerprint density at radius 1 is 1.48 bits per heavy atom. The minimum atomic E-state index is -4.07. The van der Waals surface area contributed by atoms with Crippen molar-refractivity contribution in [3.8, 4) is 0 Å². The number of nitrogens with zero attached hydrogens (tertiary/aromatic N) is 1. The summed E-state index contributed by atoms with van der Waals surface area (Å²) in [4.78, 5) is 20.4. The first-order chi connectivity index (χ1) is 9.81. The Morgan fingerprint density at radius 2 is 2.19 bits per heavy atom. The van der Waals surface area contributed by atoms with Crippen LogP contribution in [0.25, 0.3) is 10.9 Å². The third kappa shape index (κ3) is 3.48. The van der Waals surface area contributed by atoms with Gasteiger partial charge < -0.3 is 5.11 Å².